The summed E-state index contributed by atoms with van der Waals surface area (Å²) in [6, 6.07) is 2.76. The van der Waals surface area contributed by atoms with Crippen molar-refractivity contribution < 1.29 is 18.3 Å². The van der Waals surface area contributed by atoms with Gasteiger partial charge in [-0.1, -0.05) is 23.2 Å². The van der Waals surface area contributed by atoms with E-state index in [2.05, 4.69) is 20.4 Å². The van der Waals surface area contributed by atoms with Gasteiger partial charge in [0.1, 0.15) is 5.75 Å². The number of carbonyl (C=O) groups is 1. The molecule has 0 aliphatic rings. The molecule has 140 valence electrons. The van der Waals surface area contributed by atoms with E-state index < -0.39 is 6.61 Å². The minimum absolute atomic E-state index is 0.0200. The van der Waals surface area contributed by atoms with E-state index in [4.69, 9.17) is 23.2 Å². The van der Waals surface area contributed by atoms with Crippen molar-refractivity contribution in [2.45, 2.75) is 20.1 Å². The van der Waals surface area contributed by atoms with E-state index in [9.17, 15) is 13.6 Å². The summed E-state index contributed by atoms with van der Waals surface area (Å²) >= 11 is 11.8. The Balaban J connectivity index is 2.96. The lowest BCUT2D eigenvalue weighted by Crippen LogP contribution is -2.42. The fourth-order valence-corrected chi connectivity index (χ4v) is 2.36. The molecular formula is C15H20Cl2F2N4O2. The largest absolute Gasteiger partial charge is 0.433 e. The molecule has 1 aromatic rings. The Bertz CT molecular complexity index is 628. The van der Waals surface area contributed by atoms with Crippen LogP contribution in [-0.2, 0) is 11.3 Å². The average molecular weight is 397 g/mol. The lowest BCUT2D eigenvalue weighted by Gasteiger charge is -2.15. The predicted molar refractivity (Wildman–Crippen MR) is 94.6 cm³/mol. The van der Waals surface area contributed by atoms with Crippen LogP contribution in [0.5, 0.6) is 5.75 Å². The van der Waals surface area contributed by atoms with E-state index in [0.29, 0.717) is 18.1 Å². The van der Waals surface area contributed by atoms with Crippen LogP contribution in [0, 0.1) is 0 Å². The summed E-state index contributed by atoms with van der Waals surface area (Å²) in [5, 5.41) is 6.05. The van der Waals surface area contributed by atoms with Gasteiger partial charge in [-0.25, -0.2) is 4.99 Å². The van der Waals surface area contributed by atoms with Crippen molar-refractivity contribution in [3.63, 3.8) is 0 Å². The van der Waals surface area contributed by atoms with Gasteiger partial charge in [-0.2, -0.15) is 8.78 Å². The highest BCUT2D eigenvalue weighted by Gasteiger charge is 2.15. The highest BCUT2D eigenvalue weighted by atomic mass is 35.5. The lowest BCUT2D eigenvalue weighted by atomic mass is 10.2. The molecule has 0 aliphatic heterocycles. The quantitative estimate of drug-likeness (QED) is 0.549. The number of carbonyl (C=O) groups excluding carboxylic acids is 1. The van der Waals surface area contributed by atoms with E-state index in [1.165, 1.54) is 17.0 Å². The van der Waals surface area contributed by atoms with Crippen molar-refractivity contribution >= 4 is 35.1 Å². The van der Waals surface area contributed by atoms with Gasteiger partial charge in [0.15, 0.2) is 5.96 Å². The molecule has 0 heterocycles. The van der Waals surface area contributed by atoms with Crippen molar-refractivity contribution in [1.29, 1.82) is 0 Å². The molecule has 0 aliphatic carbocycles. The fraction of sp³-hybridized carbons (Fsp3) is 0.467. The van der Waals surface area contributed by atoms with Crippen LogP contribution in [0.25, 0.3) is 0 Å². The minimum atomic E-state index is -3.02. The van der Waals surface area contributed by atoms with Gasteiger partial charge >= 0.3 is 6.61 Å². The zero-order valence-electron chi connectivity index (χ0n) is 14.1. The van der Waals surface area contributed by atoms with E-state index in [1.54, 1.807) is 14.1 Å². The molecule has 0 unspecified atom stereocenters. The maximum Gasteiger partial charge on any atom is 0.387 e. The second kappa shape index (κ2) is 10.2. The molecule has 2 N–H and O–H groups in total. The number of rotatable bonds is 7. The molecule has 0 saturated carbocycles. The number of amides is 1. The molecule has 25 heavy (non-hydrogen) atoms. The Labute approximate surface area is 155 Å². The third-order valence-corrected chi connectivity index (χ3v) is 3.45. The van der Waals surface area contributed by atoms with E-state index in [1.807, 2.05) is 6.92 Å². The van der Waals surface area contributed by atoms with Gasteiger partial charge in [0.25, 0.3) is 0 Å². The van der Waals surface area contributed by atoms with Crippen LogP contribution < -0.4 is 15.4 Å². The Morgan fingerprint density at radius 2 is 2.00 bits per heavy atom. The number of nitrogens with one attached hydrogen (secondary N) is 2. The van der Waals surface area contributed by atoms with Crippen LogP contribution in [0.15, 0.2) is 17.1 Å². The van der Waals surface area contributed by atoms with Crippen LogP contribution in [-0.4, -0.2) is 50.6 Å². The number of hydrogen-bond donors (Lipinski definition) is 2. The first-order valence-electron chi connectivity index (χ1n) is 7.39. The zero-order valence-corrected chi connectivity index (χ0v) is 15.6. The lowest BCUT2D eigenvalue weighted by molar-refractivity contribution is -0.127. The SMILES string of the molecule is CCNC(=NCc1cc(Cl)cc(Cl)c1OC(F)F)NCC(=O)N(C)C. The average Bonchev–Trinajstić information content (AvgIpc) is 2.52. The molecule has 0 saturated heterocycles. The number of benzene rings is 1. The highest BCUT2D eigenvalue weighted by molar-refractivity contribution is 6.35. The third-order valence-electron chi connectivity index (χ3n) is 2.95. The number of aliphatic imine (C=N–C) groups is 1. The number of guanidine groups is 1. The number of alkyl halides is 2. The zero-order chi connectivity index (χ0) is 19.0. The highest BCUT2D eigenvalue weighted by Crippen LogP contribution is 2.34. The van der Waals surface area contributed by atoms with Crippen molar-refractivity contribution in [2.75, 3.05) is 27.2 Å². The summed E-state index contributed by atoms with van der Waals surface area (Å²) in [5.74, 6) is 0.0277. The smallest absolute Gasteiger partial charge is 0.387 e. The number of halogens is 4. The van der Waals surface area contributed by atoms with Crippen molar-refractivity contribution in [3.05, 3.63) is 27.7 Å². The standard InChI is InChI=1S/C15H20Cl2F2N4O2/c1-4-20-15(22-8-12(24)23(2)3)21-7-9-5-10(16)6-11(17)13(9)25-14(18)19/h5-6,14H,4,7-8H2,1-3H3,(H2,20,21,22). The Kier molecular flexibility index (Phi) is 8.71. The van der Waals surface area contributed by atoms with Crippen LogP contribution in [0.3, 0.4) is 0 Å². The molecule has 0 aromatic heterocycles. The van der Waals surface area contributed by atoms with Gasteiger partial charge in [0.2, 0.25) is 5.91 Å². The number of likely N-dealkylation sites (N-methyl/N-ethyl adjacent to an activating group) is 1. The maximum atomic E-state index is 12.6. The second-order valence-electron chi connectivity index (χ2n) is 5.09. The first-order chi connectivity index (χ1) is 11.7. The van der Waals surface area contributed by atoms with E-state index >= 15 is 0 Å². The Hall–Kier alpha value is -1.80. The molecule has 0 fully saturated rings. The molecule has 0 spiro atoms. The number of ether oxygens (including phenoxy) is 1. The van der Waals surface area contributed by atoms with Gasteiger partial charge in [-0.3, -0.25) is 4.79 Å². The molecule has 0 atom stereocenters. The Morgan fingerprint density at radius 1 is 1.32 bits per heavy atom. The van der Waals surface area contributed by atoms with Crippen LogP contribution >= 0.6 is 23.2 Å². The van der Waals surface area contributed by atoms with Crippen molar-refractivity contribution in [1.82, 2.24) is 15.5 Å². The number of nitrogens with zero attached hydrogens (tertiary/aromatic N) is 2. The normalized spacial score (nSPS) is 11.4. The van der Waals surface area contributed by atoms with E-state index in [-0.39, 0.29) is 34.8 Å². The first-order valence-corrected chi connectivity index (χ1v) is 8.15. The van der Waals surface area contributed by atoms with Crippen molar-refractivity contribution in [3.8, 4) is 5.75 Å². The molecule has 1 rings (SSSR count). The molecule has 0 radical (unpaired) electrons. The fourth-order valence-electron chi connectivity index (χ4n) is 1.78. The molecule has 0 bridgehead atoms. The van der Waals surface area contributed by atoms with Gasteiger partial charge in [0, 0.05) is 31.2 Å². The van der Waals surface area contributed by atoms with Gasteiger partial charge in [-0.05, 0) is 19.1 Å². The molecule has 10 heteroatoms. The van der Waals surface area contributed by atoms with E-state index in [0.717, 1.165) is 0 Å². The topological polar surface area (TPSA) is 66.0 Å². The predicted octanol–water partition coefficient (Wildman–Crippen LogP) is 2.74. The molecular weight excluding hydrogens is 377 g/mol. The minimum Gasteiger partial charge on any atom is -0.433 e. The molecule has 1 aromatic carbocycles. The summed E-state index contributed by atoms with van der Waals surface area (Å²) in [4.78, 5) is 17.3. The summed E-state index contributed by atoms with van der Waals surface area (Å²) in [6.45, 7) is -0.598. The summed E-state index contributed by atoms with van der Waals surface area (Å²) in [5.41, 5.74) is 0.300. The second-order valence-corrected chi connectivity index (χ2v) is 5.93. The summed E-state index contributed by atoms with van der Waals surface area (Å²) in [7, 11) is 3.27. The van der Waals surface area contributed by atoms with Crippen molar-refractivity contribution in [2.24, 2.45) is 4.99 Å². The van der Waals surface area contributed by atoms with Crippen LogP contribution in [0.2, 0.25) is 10.0 Å². The summed E-state index contributed by atoms with van der Waals surface area (Å²) < 4.78 is 29.6. The van der Waals surface area contributed by atoms with Gasteiger partial charge in [0.05, 0.1) is 18.1 Å². The maximum absolute atomic E-state index is 12.6. The summed E-state index contributed by atoms with van der Waals surface area (Å²) in [6.07, 6.45) is 0. The van der Waals surface area contributed by atoms with Gasteiger partial charge < -0.3 is 20.3 Å². The molecule has 6 nitrogen and oxygen atoms in total. The first kappa shape index (κ1) is 21.2. The van der Waals surface area contributed by atoms with Gasteiger partial charge in [-0.15, -0.1) is 0 Å². The third kappa shape index (κ3) is 7.31. The number of hydrogen-bond acceptors (Lipinski definition) is 3. The van der Waals surface area contributed by atoms with Crippen LogP contribution in [0.4, 0.5) is 8.78 Å². The Morgan fingerprint density at radius 3 is 2.56 bits per heavy atom. The molecule has 1 amide bonds. The van der Waals surface area contributed by atoms with Crippen LogP contribution in [0.1, 0.15) is 12.5 Å². The monoisotopic (exact) mass is 396 g/mol.